The van der Waals surface area contributed by atoms with Gasteiger partial charge in [-0.2, -0.15) is 0 Å². The molecule has 0 aliphatic carbocycles. The third-order valence-electron chi connectivity index (χ3n) is 1.28. The average molecular weight is 165 g/mol. The Bertz CT molecular complexity index is 436. The number of rotatable bonds is 0. The van der Waals surface area contributed by atoms with E-state index < -0.39 is 6.09 Å². The van der Waals surface area contributed by atoms with Crippen LogP contribution < -0.4 is 10.7 Å². The Morgan fingerprint density at radius 3 is 1.92 bits per heavy atom. The van der Waals surface area contributed by atoms with Crippen LogP contribution in [-0.4, -0.2) is 27.6 Å². The van der Waals surface area contributed by atoms with Crippen molar-refractivity contribution < 1.29 is 19.5 Å². The van der Waals surface area contributed by atoms with Crippen molar-refractivity contribution in [3.8, 4) is 0 Å². The number of hydrogen-bond acceptors (Lipinski definition) is 3. The number of aromatic nitrogens is 1. The molecule has 0 aliphatic heterocycles. The first-order valence-electron chi connectivity index (χ1n) is 2.92. The van der Waals surface area contributed by atoms with E-state index in [4.69, 9.17) is 5.11 Å². The lowest BCUT2D eigenvalue weighted by Crippen LogP contribution is -2.33. The van der Waals surface area contributed by atoms with Gasteiger partial charge in [-0.25, -0.2) is 19.0 Å². The largest absolute Gasteiger partial charge is 0.464 e. The molecule has 0 aromatic carbocycles. The van der Waals surface area contributed by atoms with Crippen LogP contribution in [0.25, 0.3) is 0 Å². The molecule has 0 spiro atoms. The molecule has 0 saturated heterocycles. The smallest absolute Gasteiger partial charge is 0.417 e. The standard InChI is InChI=1S/C7H3NO4/c9-3-5-1-2-6(4-10)8(5)7(11)12/h1-2H,(H,11,12). The highest BCUT2D eigenvalue weighted by molar-refractivity contribution is 5.71. The topological polar surface area (TPSA) is 76.4 Å². The summed E-state index contributed by atoms with van der Waals surface area (Å²) in [6, 6.07) is 2.36. The highest BCUT2D eigenvalue weighted by Crippen LogP contribution is 1.69. The number of carbonyl (C=O) groups excluding carboxylic acids is 2. The first-order valence-corrected chi connectivity index (χ1v) is 2.92. The van der Waals surface area contributed by atoms with Gasteiger partial charge in [0, 0.05) is 0 Å². The van der Waals surface area contributed by atoms with Crippen molar-refractivity contribution in [2.24, 2.45) is 0 Å². The lowest BCUT2D eigenvalue weighted by molar-refractivity contribution is 0.195. The zero-order valence-corrected chi connectivity index (χ0v) is 5.77. The molecule has 0 bridgehead atoms. The van der Waals surface area contributed by atoms with Crippen molar-refractivity contribution >= 4 is 18.0 Å². The first kappa shape index (κ1) is 8.01. The van der Waals surface area contributed by atoms with Gasteiger partial charge in [-0.1, -0.05) is 0 Å². The summed E-state index contributed by atoms with van der Waals surface area (Å²) in [6.07, 6.45) is -1.41. The van der Waals surface area contributed by atoms with Crippen LogP contribution in [0.3, 0.4) is 0 Å². The highest BCUT2D eigenvalue weighted by atomic mass is 16.4. The second-order valence-corrected chi connectivity index (χ2v) is 1.93. The van der Waals surface area contributed by atoms with Crippen molar-refractivity contribution in [2.75, 3.05) is 0 Å². The Balaban J connectivity index is 3.84. The third kappa shape index (κ3) is 1.06. The van der Waals surface area contributed by atoms with Crippen molar-refractivity contribution in [3.05, 3.63) is 22.8 Å². The molecule has 0 atom stereocenters. The predicted octanol–water partition coefficient (Wildman–Crippen LogP) is -1.98. The molecule has 1 aromatic heterocycles. The lowest BCUT2D eigenvalue weighted by atomic mass is 10.6. The van der Waals surface area contributed by atoms with E-state index in [2.05, 4.69) is 0 Å². The van der Waals surface area contributed by atoms with Gasteiger partial charge in [-0.05, 0) is 12.1 Å². The molecule has 0 aliphatic rings. The normalized spacial score (nSPS) is 8.67. The third-order valence-corrected chi connectivity index (χ3v) is 1.28. The van der Waals surface area contributed by atoms with E-state index in [9.17, 15) is 14.4 Å². The van der Waals surface area contributed by atoms with Crippen molar-refractivity contribution in [1.29, 1.82) is 0 Å². The molecule has 0 unspecified atom stereocenters. The summed E-state index contributed by atoms with van der Waals surface area (Å²) < 4.78 is 0.514. The van der Waals surface area contributed by atoms with Crippen molar-refractivity contribution in [3.63, 3.8) is 0 Å². The quantitative estimate of drug-likeness (QED) is 0.483. The van der Waals surface area contributed by atoms with Gasteiger partial charge in [-0.15, -0.1) is 0 Å². The van der Waals surface area contributed by atoms with E-state index in [1.54, 1.807) is 0 Å². The number of nitrogens with zero attached hydrogens (tertiary/aromatic N) is 1. The van der Waals surface area contributed by atoms with Crippen LogP contribution in [0.5, 0.6) is 0 Å². The van der Waals surface area contributed by atoms with E-state index >= 15 is 0 Å². The molecule has 0 radical (unpaired) electrons. The first-order chi connectivity index (χ1) is 5.70. The zero-order valence-electron chi connectivity index (χ0n) is 5.77. The number of carbonyl (C=O) groups is 1. The number of carboxylic acid groups (broad SMARTS) is 1. The van der Waals surface area contributed by atoms with E-state index in [1.165, 1.54) is 24.0 Å². The van der Waals surface area contributed by atoms with Crippen LogP contribution in [0.4, 0.5) is 4.79 Å². The summed E-state index contributed by atoms with van der Waals surface area (Å²) in [6.45, 7) is 0. The molecule has 12 heavy (non-hydrogen) atoms. The Kier molecular flexibility index (Phi) is 1.92. The second-order valence-electron chi connectivity index (χ2n) is 1.93. The van der Waals surface area contributed by atoms with Crippen LogP contribution in [0, 0.1) is 0 Å². The second kappa shape index (κ2) is 2.88. The molecule has 5 heteroatoms. The van der Waals surface area contributed by atoms with Gasteiger partial charge >= 0.3 is 6.09 Å². The minimum atomic E-state index is -1.41. The maximum Gasteiger partial charge on any atom is 0.417 e. The fraction of sp³-hybridized carbons (Fsp3) is 0. The van der Waals surface area contributed by atoms with Crippen LogP contribution in [0.2, 0.25) is 0 Å². The van der Waals surface area contributed by atoms with Gasteiger partial charge in [0.25, 0.3) is 0 Å². The fourth-order valence-electron chi connectivity index (χ4n) is 0.802. The Hall–Kier alpha value is -2.09. The van der Waals surface area contributed by atoms with E-state index in [0.717, 1.165) is 0 Å². The summed E-state index contributed by atoms with van der Waals surface area (Å²) >= 11 is 0. The molecule has 1 heterocycles. The minimum Gasteiger partial charge on any atom is -0.464 e. The maximum absolute atomic E-state index is 10.4. The van der Waals surface area contributed by atoms with Crippen LogP contribution in [0.15, 0.2) is 12.1 Å². The Labute approximate surface area is 65.8 Å². The molecule has 0 fully saturated rings. The lowest BCUT2D eigenvalue weighted by Gasteiger charge is -1.89. The number of hydrogen-bond donors (Lipinski definition) is 1. The summed E-state index contributed by atoms with van der Waals surface area (Å²) in [5.41, 5.74) is 0. The molecule has 1 rings (SSSR count). The van der Waals surface area contributed by atoms with Gasteiger partial charge < -0.3 is 5.11 Å². The fourth-order valence-corrected chi connectivity index (χ4v) is 0.802. The monoisotopic (exact) mass is 165 g/mol. The van der Waals surface area contributed by atoms with Gasteiger partial charge in [0.15, 0.2) is 11.9 Å². The van der Waals surface area contributed by atoms with Gasteiger partial charge in [-0.3, -0.25) is 0 Å². The molecule has 1 N–H and O–H groups in total. The van der Waals surface area contributed by atoms with Crippen molar-refractivity contribution in [1.82, 2.24) is 4.57 Å². The Morgan fingerprint density at radius 1 is 1.25 bits per heavy atom. The van der Waals surface area contributed by atoms with Crippen LogP contribution >= 0.6 is 0 Å². The molecular formula is C7H3NO4. The van der Waals surface area contributed by atoms with Crippen LogP contribution in [-0.2, 0) is 9.59 Å². The molecule has 1 aromatic rings. The maximum atomic E-state index is 10.4. The molecular weight excluding hydrogens is 162 g/mol. The van der Waals surface area contributed by atoms with Gasteiger partial charge in [0.05, 0.1) is 0 Å². The average Bonchev–Trinajstić information content (AvgIpc) is 2.46. The SMILES string of the molecule is O=C=c1ccc(=C=O)n1C(=O)O. The van der Waals surface area contributed by atoms with E-state index in [-0.39, 0.29) is 10.7 Å². The predicted molar refractivity (Wildman–Crippen MR) is 36.7 cm³/mol. The van der Waals surface area contributed by atoms with Crippen molar-refractivity contribution in [2.45, 2.75) is 0 Å². The molecule has 0 amide bonds. The zero-order chi connectivity index (χ0) is 9.14. The molecule has 0 saturated carbocycles. The summed E-state index contributed by atoms with van der Waals surface area (Å²) in [5, 5.41) is 8.09. The molecule has 5 nitrogen and oxygen atoms in total. The van der Waals surface area contributed by atoms with Gasteiger partial charge in [0.1, 0.15) is 10.7 Å². The van der Waals surface area contributed by atoms with Gasteiger partial charge in [0.2, 0.25) is 0 Å². The Morgan fingerprint density at radius 2 is 1.67 bits per heavy atom. The highest BCUT2D eigenvalue weighted by Gasteiger charge is 2.04. The minimum absolute atomic E-state index is 0.208. The van der Waals surface area contributed by atoms with Crippen LogP contribution in [0.1, 0.15) is 0 Å². The summed E-state index contributed by atoms with van der Waals surface area (Å²) in [5.74, 6) is 2.77. The summed E-state index contributed by atoms with van der Waals surface area (Å²) in [4.78, 5) is 30.7. The molecule has 60 valence electrons. The van der Waals surface area contributed by atoms with E-state index in [1.807, 2.05) is 0 Å². The summed E-state index contributed by atoms with van der Waals surface area (Å²) in [7, 11) is 0. The van der Waals surface area contributed by atoms with E-state index in [0.29, 0.717) is 4.57 Å².